The average molecular weight is 445 g/mol. The van der Waals surface area contributed by atoms with Crippen molar-refractivity contribution in [3.8, 4) is 0 Å². The van der Waals surface area contributed by atoms with E-state index < -0.39 is 24.7 Å². The summed E-state index contributed by atoms with van der Waals surface area (Å²) < 4.78 is 58.6. The van der Waals surface area contributed by atoms with E-state index in [0.29, 0.717) is 17.8 Å². The van der Waals surface area contributed by atoms with Crippen LogP contribution in [0.25, 0.3) is 0 Å². The minimum atomic E-state index is -1.30. The second kappa shape index (κ2) is 10.8. The second-order valence-corrected chi connectivity index (χ2v) is 11.8. The molecule has 31 heavy (non-hydrogen) atoms. The van der Waals surface area contributed by atoms with Crippen LogP contribution in [0.4, 0.5) is 17.6 Å². The fourth-order valence-corrected chi connectivity index (χ4v) is 7.76. The van der Waals surface area contributed by atoms with Crippen molar-refractivity contribution in [3.63, 3.8) is 0 Å². The Balaban J connectivity index is 1.21. The molecule has 0 bridgehead atoms. The molecule has 4 fully saturated rings. The highest BCUT2D eigenvalue weighted by Crippen LogP contribution is 2.48. The fourth-order valence-electron chi connectivity index (χ4n) is 7.76. The van der Waals surface area contributed by atoms with E-state index >= 15 is 8.78 Å². The Morgan fingerprint density at radius 2 is 1.10 bits per heavy atom. The molecule has 4 aliphatic carbocycles. The quantitative estimate of drug-likeness (QED) is 0.372. The lowest BCUT2D eigenvalue weighted by Gasteiger charge is -2.44. The number of hydrogen-bond acceptors (Lipinski definition) is 0. The van der Waals surface area contributed by atoms with Gasteiger partial charge in [-0.15, -0.1) is 0 Å². The molecule has 0 aliphatic heterocycles. The van der Waals surface area contributed by atoms with Crippen LogP contribution in [-0.2, 0) is 0 Å². The molecule has 0 aromatic carbocycles. The summed E-state index contributed by atoms with van der Waals surface area (Å²) in [5.41, 5.74) is 0. The van der Waals surface area contributed by atoms with Gasteiger partial charge in [0.15, 0.2) is 0 Å². The number of alkyl halides is 4. The summed E-state index contributed by atoms with van der Waals surface area (Å²) in [4.78, 5) is 0. The van der Waals surface area contributed by atoms with E-state index in [9.17, 15) is 8.78 Å². The first kappa shape index (κ1) is 23.9. The summed E-state index contributed by atoms with van der Waals surface area (Å²) in [6, 6.07) is 0. The van der Waals surface area contributed by atoms with E-state index in [1.165, 1.54) is 19.3 Å². The lowest BCUT2D eigenvalue weighted by atomic mass is 9.64. The van der Waals surface area contributed by atoms with Crippen molar-refractivity contribution in [1.29, 1.82) is 0 Å². The Bertz CT molecular complexity index is 539. The van der Waals surface area contributed by atoms with Gasteiger partial charge in [-0.2, -0.15) is 0 Å². The molecule has 8 atom stereocenters. The summed E-state index contributed by atoms with van der Waals surface area (Å²) in [5.74, 6) is 0.858. The number of rotatable bonds is 5. The zero-order chi connectivity index (χ0) is 22.0. The minimum absolute atomic E-state index is 0.0472. The van der Waals surface area contributed by atoms with E-state index in [1.807, 2.05) is 6.92 Å². The van der Waals surface area contributed by atoms with Crippen LogP contribution in [0.5, 0.6) is 0 Å². The summed E-state index contributed by atoms with van der Waals surface area (Å²) in [7, 11) is 0. The molecule has 0 spiro atoms. The van der Waals surface area contributed by atoms with Gasteiger partial charge in [-0.25, -0.2) is 17.6 Å². The van der Waals surface area contributed by atoms with Gasteiger partial charge in [0.1, 0.15) is 24.7 Å². The van der Waals surface area contributed by atoms with E-state index in [4.69, 9.17) is 0 Å². The highest BCUT2D eigenvalue weighted by Gasteiger charge is 2.46. The first-order valence-corrected chi connectivity index (χ1v) is 13.5. The molecule has 8 unspecified atom stereocenters. The molecule has 4 saturated carbocycles. The van der Waals surface area contributed by atoms with Crippen molar-refractivity contribution in [1.82, 2.24) is 0 Å². The topological polar surface area (TPSA) is 0 Å². The zero-order valence-electron chi connectivity index (χ0n) is 19.5. The van der Waals surface area contributed by atoms with Crippen LogP contribution in [0, 0.1) is 41.4 Å². The van der Waals surface area contributed by atoms with Crippen LogP contribution in [-0.4, -0.2) is 24.7 Å². The van der Waals surface area contributed by atoms with Crippen molar-refractivity contribution in [3.05, 3.63) is 0 Å². The Morgan fingerprint density at radius 3 is 1.71 bits per heavy atom. The lowest BCUT2D eigenvalue weighted by Crippen LogP contribution is -2.44. The molecule has 4 rings (SSSR count). The molecular formula is C27H44F4. The van der Waals surface area contributed by atoms with E-state index in [0.717, 1.165) is 77.0 Å². The van der Waals surface area contributed by atoms with Gasteiger partial charge in [-0.05, 0) is 86.4 Å². The van der Waals surface area contributed by atoms with Crippen molar-refractivity contribution in [2.75, 3.05) is 0 Å². The molecule has 180 valence electrons. The van der Waals surface area contributed by atoms with Gasteiger partial charge in [0.05, 0.1) is 0 Å². The maximum atomic E-state index is 15.2. The third kappa shape index (κ3) is 5.45. The molecule has 0 radical (unpaired) electrons. The van der Waals surface area contributed by atoms with Gasteiger partial charge in [0.2, 0.25) is 0 Å². The van der Waals surface area contributed by atoms with Crippen molar-refractivity contribution in [2.24, 2.45) is 41.4 Å². The maximum absolute atomic E-state index is 15.2. The number of halogens is 4. The van der Waals surface area contributed by atoms with Crippen molar-refractivity contribution in [2.45, 2.75) is 128 Å². The standard InChI is InChI=1S/C27H44F4/c1-17-7-11-21(25(29)24(17)28)14-10-18-8-12-20(13-9-18)23-16-15-22(26(30)27(23)31)19-5-3-2-4-6-19/h17-27H,2-16H2,1H3. The van der Waals surface area contributed by atoms with Gasteiger partial charge < -0.3 is 0 Å². The van der Waals surface area contributed by atoms with E-state index in [2.05, 4.69) is 0 Å². The summed E-state index contributed by atoms with van der Waals surface area (Å²) in [6.45, 7) is 1.82. The highest BCUT2D eigenvalue weighted by atomic mass is 19.2. The molecule has 0 aromatic rings. The van der Waals surface area contributed by atoms with Crippen LogP contribution >= 0.6 is 0 Å². The molecule has 0 saturated heterocycles. The zero-order valence-corrected chi connectivity index (χ0v) is 19.5. The Labute approximate surface area is 187 Å². The Kier molecular flexibility index (Phi) is 8.29. The first-order valence-electron chi connectivity index (χ1n) is 13.5. The molecular weight excluding hydrogens is 400 g/mol. The average Bonchev–Trinajstić information content (AvgIpc) is 2.80. The van der Waals surface area contributed by atoms with Crippen LogP contribution < -0.4 is 0 Å². The molecule has 0 N–H and O–H groups in total. The summed E-state index contributed by atoms with van der Waals surface area (Å²) in [5, 5.41) is 0. The SMILES string of the molecule is CC1CCC(CCC2CCC(C3CCC(C4CCCCC4)C(F)C3F)CC2)C(F)C1F. The Hall–Kier alpha value is -0.280. The summed E-state index contributed by atoms with van der Waals surface area (Å²) in [6.07, 6.45) is 9.86. The number of hydrogen-bond donors (Lipinski definition) is 0. The van der Waals surface area contributed by atoms with Crippen molar-refractivity contribution < 1.29 is 17.6 Å². The summed E-state index contributed by atoms with van der Waals surface area (Å²) >= 11 is 0. The molecule has 0 amide bonds. The van der Waals surface area contributed by atoms with Gasteiger partial charge >= 0.3 is 0 Å². The monoisotopic (exact) mass is 444 g/mol. The fraction of sp³-hybridized carbons (Fsp3) is 1.00. The second-order valence-electron chi connectivity index (χ2n) is 11.8. The predicted molar refractivity (Wildman–Crippen MR) is 119 cm³/mol. The van der Waals surface area contributed by atoms with Crippen LogP contribution in [0.1, 0.15) is 103 Å². The van der Waals surface area contributed by atoms with Gasteiger partial charge in [0, 0.05) is 0 Å². The van der Waals surface area contributed by atoms with E-state index in [1.54, 1.807) is 0 Å². The van der Waals surface area contributed by atoms with E-state index in [-0.39, 0.29) is 23.7 Å². The predicted octanol–water partition coefficient (Wildman–Crippen LogP) is 8.58. The third-order valence-electron chi connectivity index (χ3n) is 9.94. The maximum Gasteiger partial charge on any atom is 0.134 e. The van der Waals surface area contributed by atoms with Gasteiger partial charge in [-0.3, -0.25) is 0 Å². The van der Waals surface area contributed by atoms with Crippen LogP contribution in [0.15, 0.2) is 0 Å². The van der Waals surface area contributed by atoms with Gasteiger partial charge in [-0.1, -0.05) is 58.3 Å². The lowest BCUT2D eigenvalue weighted by molar-refractivity contribution is -0.0352. The van der Waals surface area contributed by atoms with Crippen molar-refractivity contribution >= 4 is 0 Å². The van der Waals surface area contributed by atoms with Crippen LogP contribution in [0.2, 0.25) is 0 Å². The normalized spacial score (nSPS) is 47.9. The molecule has 0 nitrogen and oxygen atoms in total. The largest absolute Gasteiger partial charge is 0.244 e. The third-order valence-corrected chi connectivity index (χ3v) is 9.94. The molecule has 4 heteroatoms. The first-order chi connectivity index (χ1) is 15.0. The highest BCUT2D eigenvalue weighted by molar-refractivity contribution is 4.95. The van der Waals surface area contributed by atoms with Crippen LogP contribution in [0.3, 0.4) is 0 Å². The minimum Gasteiger partial charge on any atom is -0.244 e. The molecule has 0 aromatic heterocycles. The molecule has 4 aliphatic rings. The molecule has 0 heterocycles. The Morgan fingerprint density at radius 1 is 0.516 bits per heavy atom. The smallest absolute Gasteiger partial charge is 0.134 e. The van der Waals surface area contributed by atoms with Gasteiger partial charge in [0.25, 0.3) is 0 Å².